The maximum atomic E-state index is 5.91. The van der Waals surface area contributed by atoms with E-state index in [0.29, 0.717) is 6.61 Å². The van der Waals surface area contributed by atoms with Crippen LogP contribution in [0.1, 0.15) is 11.3 Å². The summed E-state index contributed by atoms with van der Waals surface area (Å²) < 4.78 is 13.4. The minimum absolute atomic E-state index is 0.518. The fourth-order valence-corrected chi connectivity index (χ4v) is 2.53. The molecule has 0 aliphatic carbocycles. The summed E-state index contributed by atoms with van der Waals surface area (Å²) in [5, 5.41) is 1.24. The number of benzene rings is 2. The van der Waals surface area contributed by atoms with E-state index in [2.05, 4.69) is 42.8 Å². The van der Waals surface area contributed by atoms with Gasteiger partial charge in [0.2, 0.25) is 0 Å². The van der Waals surface area contributed by atoms with E-state index in [1.54, 1.807) is 7.11 Å². The van der Waals surface area contributed by atoms with Crippen LogP contribution >= 0.6 is 0 Å². The van der Waals surface area contributed by atoms with Crippen LogP contribution in [0.5, 0.6) is 11.5 Å². The van der Waals surface area contributed by atoms with Crippen LogP contribution in [0.15, 0.2) is 48.5 Å². The van der Waals surface area contributed by atoms with Gasteiger partial charge in [0.1, 0.15) is 6.61 Å². The molecule has 0 saturated heterocycles. The Labute approximate surface area is 124 Å². The zero-order chi connectivity index (χ0) is 14.8. The maximum Gasteiger partial charge on any atom is 0.161 e. The number of rotatable bonds is 4. The summed E-state index contributed by atoms with van der Waals surface area (Å²) in [6.45, 7) is 2.63. The molecule has 0 bridgehead atoms. The highest BCUT2D eigenvalue weighted by Crippen LogP contribution is 2.27. The van der Waals surface area contributed by atoms with Crippen molar-refractivity contribution in [1.29, 1.82) is 0 Å². The van der Waals surface area contributed by atoms with Gasteiger partial charge in [-0.1, -0.05) is 24.3 Å². The van der Waals surface area contributed by atoms with Crippen molar-refractivity contribution in [2.75, 3.05) is 7.11 Å². The van der Waals surface area contributed by atoms with Crippen molar-refractivity contribution in [3.63, 3.8) is 0 Å². The highest BCUT2D eigenvalue weighted by Gasteiger charge is 2.08. The molecule has 0 spiro atoms. The predicted octanol–water partition coefficient (Wildman–Crippen LogP) is 4.07. The molecule has 2 aromatic carbocycles. The molecule has 0 aliphatic rings. The van der Waals surface area contributed by atoms with Crippen molar-refractivity contribution in [2.45, 2.75) is 13.5 Å². The van der Waals surface area contributed by atoms with Gasteiger partial charge in [-0.2, -0.15) is 0 Å². The molecule has 1 aromatic heterocycles. The van der Waals surface area contributed by atoms with E-state index >= 15 is 0 Å². The minimum Gasteiger partial charge on any atom is -0.493 e. The number of fused-ring (bicyclic) bond motifs is 1. The number of ether oxygens (including phenoxy) is 2. The minimum atomic E-state index is 0.518. The molecular weight excluding hydrogens is 262 g/mol. The van der Waals surface area contributed by atoms with Crippen molar-refractivity contribution >= 4 is 10.9 Å². The lowest BCUT2D eigenvalue weighted by Gasteiger charge is -2.11. The molecule has 3 aromatic rings. The average Bonchev–Trinajstić information content (AvgIpc) is 2.82. The Morgan fingerprint density at radius 3 is 2.52 bits per heavy atom. The summed E-state index contributed by atoms with van der Waals surface area (Å²) in [5.74, 6) is 1.52. The third-order valence-electron chi connectivity index (χ3n) is 3.74. The van der Waals surface area contributed by atoms with Crippen LogP contribution in [0.3, 0.4) is 0 Å². The number of nitrogens with zero attached hydrogens (tertiary/aromatic N) is 1. The molecule has 0 amide bonds. The second-order valence-corrected chi connectivity index (χ2v) is 5.20. The Morgan fingerprint density at radius 1 is 1.00 bits per heavy atom. The van der Waals surface area contributed by atoms with Crippen LogP contribution in [0.4, 0.5) is 0 Å². The van der Waals surface area contributed by atoms with Crippen LogP contribution in [0, 0.1) is 6.92 Å². The summed E-state index contributed by atoms with van der Waals surface area (Å²) in [6.07, 6.45) is 0. The molecule has 3 nitrogen and oxygen atoms in total. The fourth-order valence-electron chi connectivity index (χ4n) is 2.53. The van der Waals surface area contributed by atoms with Gasteiger partial charge in [-0.05, 0) is 42.1 Å². The number of hydrogen-bond acceptors (Lipinski definition) is 2. The smallest absolute Gasteiger partial charge is 0.161 e. The molecule has 0 atom stereocenters. The molecular formula is C18H19NO2. The average molecular weight is 281 g/mol. The van der Waals surface area contributed by atoms with Gasteiger partial charge in [0.05, 0.1) is 12.8 Å². The van der Waals surface area contributed by atoms with Gasteiger partial charge >= 0.3 is 0 Å². The van der Waals surface area contributed by atoms with Crippen molar-refractivity contribution in [2.24, 2.45) is 7.05 Å². The van der Waals surface area contributed by atoms with E-state index < -0.39 is 0 Å². The molecule has 0 radical (unpaired) electrons. The lowest BCUT2D eigenvalue weighted by atomic mass is 10.2. The standard InChI is InChI=1S/C18H19NO2/c1-13-8-9-14-11-15(19(2)16(14)10-13)12-21-18-7-5-4-6-17(18)20-3/h4-11H,12H2,1-3H3. The van der Waals surface area contributed by atoms with Gasteiger partial charge in [-0.25, -0.2) is 0 Å². The third-order valence-corrected chi connectivity index (χ3v) is 3.74. The van der Waals surface area contributed by atoms with Crippen molar-refractivity contribution in [3.8, 4) is 11.5 Å². The van der Waals surface area contributed by atoms with Gasteiger partial charge in [-0.15, -0.1) is 0 Å². The van der Waals surface area contributed by atoms with E-state index in [9.17, 15) is 0 Å². The lowest BCUT2D eigenvalue weighted by Crippen LogP contribution is -2.02. The quantitative estimate of drug-likeness (QED) is 0.719. The van der Waals surface area contributed by atoms with Crippen LogP contribution in [0.25, 0.3) is 10.9 Å². The summed E-state index contributed by atoms with van der Waals surface area (Å²) in [4.78, 5) is 0. The molecule has 1 heterocycles. The number of para-hydroxylation sites is 2. The zero-order valence-electron chi connectivity index (χ0n) is 12.6. The van der Waals surface area contributed by atoms with E-state index in [-0.39, 0.29) is 0 Å². The largest absolute Gasteiger partial charge is 0.493 e. The monoisotopic (exact) mass is 281 g/mol. The highest BCUT2D eigenvalue weighted by molar-refractivity contribution is 5.81. The Bertz CT molecular complexity index is 774. The van der Waals surface area contributed by atoms with Gasteiger partial charge in [-0.3, -0.25) is 0 Å². The second-order valence-electron chi connectivity index (χ2n) is 5.20. The number of hydrogen-bond donors (Lipinski definition) is 0. The number of methoxy groups -OCH3 is 1. The Balaban J connectivity index is 1.87. The molecule has 21 heavy (non-hydrogen) atoms. The third kappa shape index (κ3) is 2.59. The predicted molar refractivity (Wildman–Crippen MR) is 85.0 cm³/mol. The van der Waals surface area contributed by atoms with Crippen LogP contribution < -0.4 is 9.47 Å². The first-order valence-electron chi connectivity index (χ1n) is 7.00. The second kappa shape index (κ2) is 5.52. The van der Waals surface area contributed by atoms with Gasteiger partial charge in [0.15, 0.2) is 11.5 Å². The van der Waals surface area contributed by atoms with E-state index in [1.807, 2.05) is 24.3 Å². The van der Waals surface area contributed by atoms with Crippen LogP contribution in [-0.4, -0.2) is 11.7 Å². The fraction of sp³-hybridized carbons (Fsp3) is 0.222. The van der Waals surface area contributed by atoms with E-state index in [4.69, 9.17) is 9.47 Å². The number of aryl methyl sites for hydroxylation is 2. The van der Waals surface area contributed by atoms with Crippen molar-refractivity contribution < 1.29 is 9.47 Å². The summed E-state index contributed by atoms with van der Waals surface area (Å²) in [5.41, 5.74) is 3.64. The van der Waals surface area contributed by atoms with Gasteiger partial charge in [0.25, 0.3) is 0 Å². The first kappa shape index (κ1) is 13.6. The van der Waals surface area contributed by atoms with Crippen LogP contribution in [0.2, 0.25) is 0 Å². The SMILES string of the molecule is COc1ccccc1OCc1cc2ccc(C)cc2n1C. The first-order valence-corrected chi connectivity index (χ1v) is 7.00. The van der Waals surface area contributed by atoms with Gasteiger partial charge < -0.3 is 14.0 Å². The molecule has 3 heteroatoms. The molecule has 3 rings (SSSR count). The molecule has 108 valence electrons. The van der Waals surface area contributed by atoms with E-state index in [1.165, 1.54) is 16.5 Å². The van der Waals surface area contributed by atoms with Crippen molar-refractivity contribution in [1.82, 2.24) is 4.57 Å². The van der Waals surface area contributed by atoms with Gasteiger partial charge in [0, 0.05) is 12.6 Å². The Hall–Kier alpha value is -2.42. The highest BCUT2D eigenvalue weighted by atomic mass is 16.5. The summed E-state index contributed by atoms with van der Waals surface area (Å²) >= 11 is 0. The number of aromatic nitrogens is 1. The molecule has 0 fully saturated rings. The maximum absolute atomic E-state index is 5.91. The molecule has 0 saturated carbocycles. The molecule has 0 N–H and O–H groups in total. The lowest BCUT2D eigenvalue weighted by molar-refractivity contribution is 0.278. The Kier molecular flexibility index (Phi) is 3.57. The first-order chi connectivity index (χ1) is 10.2. The zero-order valence-corrected chi connectivity index (χ0v) is 12.6. The summed E-state index contributed by atoms with van der Waals surface area (Å²) in [6, 6.07) is 16.4. The topological polar surface area (TPSA) is 23.4 Å². The van der Waals surface area contributed by atoms with E-state index in [0.717, 1.165) is 17.2 Å². The molecule has 0 aliphatic heterocycles. The summed E-state index contributed by atoms with van der Waals surface area (Å²) in [7, 11) is 3.73. The Morgan fingerprint density at radius 2 is 1.76 bits per heavy atom. The normalized spacial score (nSPS) is 10.8. The van der Waals surface area contributed by atoms with Crippen LogP contribution in [-0.2, 0) is 13.7 Å². The molecule has 0 unspecified atom stereocenters. The van der Waals surface area contributed by atoms with Crippen molar-refractivity contribution in [3.05, 3.63) is 59.8 Å².